The quantitative estimate of drug-likeness (QED) is 0.454. The second-order valence-electron chi connectivity index (χ2n) is 4.65. The molecule has 0 amide bonds. The zero-order valence-corrected chi connectivity index (χ0v) is 10.0. The normalized spacial score (nSPS) is 24.6. The first-order valence-electron chi connectivity index (χ1n) is 5.92. The standard InChI is InChI=1S/C13H19N3O/c1-8-4-9(6-14)12(15)5-11(8)10-2-3-16-7-13(10)17/h4-6,10,13-14,16-17H,2-3,7,15H2,1H3. The van der Waals surface area contributed by atoms with Gasteiger partial charge in [-0.2, -0.15) is 0 Å². The highest BCUT2D eigenvalue weighted by Gasteiger charge is 2.26. The molecule has 0 bridgehead atoms. The van der Waals surface area contributed by atoms with Crippen LogP contribution in [0.3, 0.4) is 0 Å². The van der Waals surface area contributed by atoms with E-state index >= 15 is 0 Å². The smallest absolute Gasteiger partial charge is 0.0733 e. The average molecular weight is 233 g/mol. The van der Waals surface area contributed by atoms with Crippen LogP contribution in [0.15, 0.2) is 12.1 Å². The van der Waals surface area contributed by atoms with Crippen molar-refractivity contribution in [1.29, 1.82) is 5.41 Å². The van der Waals surface area contributed by atoms with E-state index in [0.717, 1.165) is 29.7 Å². The molecule has 0 aliphatic carbocycles. The molecule has 1 aliphatic rings. The van der Waals surface area contributed by atoms with Crippen LogP contribution in [0.4, 0.5) is 5.69 Å². The Morgan fingerprint density at radius 3 is 2.94 bits per heavy atom. The molecular formula is C13H19N3O. The van der Waals surface area contributed by atoms with Gasteiger partial charge >= 0.3 is 0 Å². The summed E-state index contributed by atoms with van der Waals surface area (Å²) in [6.45, 7) is 3.57. The van der Waals surface area contributed by atoms with Gasteiger partial charge in [0.1, 0.15) is 0 Å². The Morgan fingerprint density at radius 2 is 2.29 bits per heavy atom. The predicted molar refractivity (Wildman–Crippen MR) is 69.7 cm³/mol. The number of piperidine rings is 1. The molecular weight excluding hydrogens is 214 g/mol. The Morgan fingerprint density at radius 1 is 1.53 bits per heavy atom. The van der Waals surface area contributed by atoms with Crippen LogP contribution >= 0.6 is 0 Å². The molecule has 1 saturated heterocycles. The summed E-state index contributed by atoms with van der Waals surface area (Å²) in [5.41, 5.74) is 9.48. The first-order chi connectivity index (χ1) is 8.13. The largest absolute Gasteiger partial charge is 0.398 e. The Labute approximate surface area is 101 Å². The fourth-order valence-corrected chi connectivity index (χ4v) is 2.49. The van der Waals surface area contributed by atoms with Crippen LogP contribution in [0.25, 0.3) is 0 Å². The fourth-order valence-electron chi connectivity index (χ4n) is 2.49. The molecule has 1 aromatic rings. The lowest BCUT2D eigenvalue weighted by Gasteiger charge is -2.30. The van der Waals surface area contributed by atoms with Crippen LogP contribution in [0, 0.1) is 12.3 Å². The number of β-amino-alcohol motifs (C(OH)–C–C–N with tert-alkyl or cyclic N) is 1. The summed E-state index contributed by atoms with van der Waals surface area (Å²) in [6.07, 6.45) is 1.84. The maximum absolute atomic E-state index is 10.0. The predicted octanol–water partition coefficient (Wildman–Crippen LogP) is 1.01. The lowest BCUT2D eigenvalue weighted by atomic mass is 9.84. The number of hydrogen-bond acceptors (Lipinski definition) is 4. The van der Waals surface area contributed by atoms with Gasteiger partial charge in [0.25, 0.3) is 0 Å². The summed E-state index contributed by atoms with van der Waals surface area (Å²) in [7, 11) is 0. The summed E-state index contributed by atoms with van der Waals surface area (Å²) in [5, 5.41) is 20.5. The van der Waals surface area contributed by atoms with E-state index in [2.05, 4.69) is 5.32 Å². The Kier molecular flexibility index (Phi) is 3.45. The van der Waals surface area contributed by atoms with Crippen molar-refractivity contribution in [1.82, 2.24) is 5.32 Å². The van der Waals surface area contributed by atoms with Crippen LogP contribution < -0.4 is 11.1 Å². The second kappa shape index (κ2) is 4.85. The Balaban J connectivity index is 2.37. The van der Waals surface area contributed by atoms with Gasteiger partial charge in [0.05, 0.1) is 6.10 Å². The number of aliphatic hydroxyl groups is 1. The highest BCUT2D eigenvalue weighted by molar-refractivity contribution is 5.85. The molecule has 1 aromatic carbocycles. The second-order valence-corrected chi connectivity index (χ2v) is 4.65. The number of aryl methyl sites for hydroxylation is 1. The highest BCUT2D eigenvalue weighted by atomic mass is 16.3. The molecule has 5 N–H and O–H groups in total. The van der Waals surface area contributed by atoms with Gasteiger partial charge in [-0.05, 0) is 43.1 Å². The summed E-state index contributed by atoms with van der Waals surface area (Å²) >= 11 is 0. The van der Waals surface area contributed by atoms with E-state index in [1.54, 1.807) is 0 Å². The number of aliphatic hydroxyl groups excluding tert-OH is 1. The molecule has 0 saturated carbocycles. The van der Waals surface area contributed by atoms with E-state index in [1.807, 2.05) is 19.1 Å². The van der Waals surface area contributed by atoms with E-state index in [4.69, 9.17) is 11.1 Å². The number of nitrogen functional groups attached to an aromatic ring is 1. The van der Waals surface area contributed by atoms with Gasteiger partial charge < -0.3 is 21.6 Å². The van der Waals surface area contributed by atoms with Crippen molar-refractivity contribution in [3.05, 3.63) is 28.8 Å². The topological polar surface area (TPSA) is 82.1 Å². The minimum absolute atomic E-state index is 0.151. The maximum Gasteiger partial charge on any atom is 0.0733 e. The van der Waals surface area contributed by atoms with Crippen molar-refractivity contribution in [3.8, 4) is 0 Å². The van der Waals surface area contributed by atoms with E-state index in [1.165, 1.54) is 6.21 Å². The molecule has 0 spiro atoms. The Bertz CT molecular complexity index is 431. The first-order valence-corrected chi connectivity index (χ1v) is 5.92. The van der Waals surface area contributed by atoms with Crippen molar-refractivity contribution >= 4 is 11.9 Å². The molecule has 0 radical (unpaired) electrons. The number of anilines is 1. The SMILES string of the molecule is Cc1cc(C=N)c(N)cc1C1CCNCC1O. The van der Waals surface area contributed by atoms with Gasteiger partial charge in [-0.25, -0.2) is 0 Å². The van der Waals surface area contributed by atoms with Gasteiger partial charge in [-0.3, -0.25) is 0 Å². The molecule has 4 nitrogen and oxygen atoms in total. The molecule has 0 aromatic heterocycles. The van der Waals surface area contributed by atoms with Gasteiger partial charge in [0.15, 0.2) is 0 Å². The molecule has 1 heterocycles. The van der Waals surface area contributed by atoms with Gasteiger partial charge in [0, 0.05) is 29.9 Å². The summed E-state index contributed by atoms with van der Waals surface area (Å²) < 4.78 is 0. The monoisotopic (exact) mass is 233 g/mol. The van der Waals surface area contributed by atoms with Crippen LogP contribution in [0.2, 0.25) is 0 Å². The summed E-state index contributed by atoms with van der Waals surface area (Å²) in [5.74, 6) is 0.151. The maximum atomic E-state index is 10.0. The number of nitrogens with one attached hydrogen (secondary N) is 2. The molecule has 2 atom stereocenters. The summed E-state index contributed by atoms with van der Waals surface area (Å²) in [4.78, 5) is 0. The van der Waals surface area contributed by atoms with Crippen LogP contribution in [-0.4, -0.2) is 30.5 Å². The van der Waals surface area contributed by atoms with Crippen molar-refractivity contribution in [2.45, 2.75) is 25.4 Å². The average Bonchev–Trinajstić information content (AvgIpc) is 2.32. The lowest BCUT2D eigenvalue weighted by Crippen LogP contribution is -2.39. The Hall–Kier alpha value is -1.39. The van der Waals surface area contributed by atoms with E-state index < -0.39 is 0 Å². The number of nitrogens with two attached hydrogens (primary N) is 1. The molecule has 4 heteroatoms. The molecule has 17 heavy (non-hydrogen) atoms. The first kappa shape index (κ1) is 12.1. The van der Waals surface area contributed by atoms with Crippen molar-refractivity contribution in [2.75, 3.05) is 18.8 Å². The molecule has 1 fully saturated rings. The van der Waals surface area contributed by atoms with E-state index in [0.29, 0.717) is 12.2 Å². The lowest BCUT2D eigenvalue weighted by molar-refractivity contribution is 0.118. The number of rotatable bonds is 2. The molecule has 2 unspecified atom stereocenters. The van der Waals surface area contributed by atoms with Crippen molar-refractivity contribution in [3.63, 3.8) is 0 Å². The zero-order valence-electron chi connectivity index (χ0n) is 10.0. The minimum Gasteiger partial charge on any atom is -0.398 e. The van der Waals surface area contributed by atoms with Crippen molar-refractivity contribution < 1.29 is 5.11 Å². The van der Waals surface area contributed by atoms with E-state index in [9.17, 15) is 5.11 Å². The zero-order chi connectivity index (χ0) is 12.4. The number of hydrogen-bond donors (Lipinski definition) is 4. The molecule has 92 valence electrons. The highest BCUT2D eigenvalue weighted by Crippen LogP contribution is 2.30. The van der Waals surface area contributed by atoms with Crippen LogP contribution in [-0.2, 0) is 0 Å². The third-order valence-corrected chi connectivity index (χ3v) is 3.48. The van der Waals surface area contributed by atoms with Gasteiger partial charge in [0.2, 0.25) is 0 Å². The summed E-state index contributed by atoms with van der Waals surface area (Å²) in [6, 6.07) is 3.83. The van der Waals surface area contributed by atoms with Gasteiger partial charge in [-0.15, -0.1) is 0 Å². The number of benzene rings is 1. The molecule has 1 aliphatic heterocycles. The minimum atomic E-state index is -0.354. The molecule has 2 rings (SSSR count). The van der Waals surface area contributed by atoms with Crippen LogP contribution in [0.5, 0.6) is 0 Å². The third kappa shape index (κ3) is 2.33. The van der Waals surface area contributed by atoms with Crippen LogP contribution in [0.1, 0.15) is 29.0 Å². The van der Waals surface area contributed by atoms with Crippen molar-refractivity contribution in [2.24, 2.45) is 0 Å². The fraction of sp³-hybridized carbons (Fsp3) is 0.462. The van der Waals surface area contributed by atoms with Gasteiger partial charge in [-0.1, -0.05) is 0 Å². The third-order valence-electron chi connectivity index (χ3n) is 3.48. The van der Waals surface area contributed by atoms with E-state index in [-0.39, 0.29) is 12.0 Å².